The van der Waals surface area contributed by atoms with Crippen molar-refractivity contribution in [1.29, 1.82) is 0 Å². The largest absolute Gasteiger partial charge is 0.396 e. The zero-order valence-electron chi connectivity index (χ0n) is 7.95. The number of aliphatic hydroxyl groups excluding tert-OH is 3. The van der Waals surface area contributed by atoms with Crippen LogP contribution in [0.4, 0.5) is 0 Å². The van der Waals surface area contributed by atoms with Crippen LogP contribution in [-0.4, -0.2) is 35.1 Å². The zero-order chi connectivity index (χ0) is 9.61. The van der Waals surface area contributed by atoms with Crippen LogP contribution in [0.15, 0.2) is 0 Å². The van der Waals surface area contributed by atoms with Crippen molar-refractivity contribution in [3.63, 3.8) is 0 Å². The summed E-state index contributed by atoms with van der Waals surface area (Å²) in [7, 11) is 0. The van der Waals surface area contributed by atoms with Gasteiger partial charge in [0.1, 0.15) is 0 Å². The quantitative estimate of drug-likeness (QED) is 0.548. The standard InChI is InChI=1S/C9H20O3/c1-3-8(5-10)4-9(2,6-11)7-12/h8,10-12H,3-7H2,1-2H3. The molecule has 0 aromatic carbocycles. The van der Waals surface area contributed by atoms with E-state index in [1.54, 1.807) is 0 Å². The maximum atomic E-state index is 8.98. The third kappa shape index (κ3) is 3.52. The van der Waals surface area contributed by atoms with E-state index in [0.29, 0.717) is 6.42 Å². The number of aliphatic hydroxyl groups is 3. The first-order valence-corrected chi connectivity index (χ1v) is 4.44. The number of hydrogen-bond acceptors (Lipinski definition) is 3. The molecule has 0 saturated heterocycles. The Kier molecular flexibility index (Phi) is 5.46. The fourth-order valence-electron chi connectivity index (χ4n) is 1.21. The van der Waals surface area contributed by atoms with Gasteiger partial charge in [-0.15, -0.1) is 0 Å². The highest BCUT2D eigenvalue weighted by atomic mass is 16.3. The molecule has 0 aromatic heterocycles. The second kappa shape index (κ2) is 5.51. The molecule has 0 aliphatic heterocycles. The zero-order valence-corrected chi connectivity index (χ0v) is 7.95. The smallest absolute Gasteiger partial charge is 0.0506 e. The summed E-state index contributed by atoms with van der Waals surface area (Å²) in [5.41, 5.74) is -0.441. The number of hydrogen-bond donors (Lipinski definition) is 3. The number of rotatable bonds is 6. The van der Waals surface area contributed by atoms with E-state index in [0.717, 1.165) is 6.42 Å². The van der Waals surface area contributed by atoms with Crippen LogP contribution >= 0.6 is 0 Å². The van der Waals surface area contributed by atoms with Gasteiger partial charge in [0, 0.05) is 12.0 Å². The summed E-state index contributed by atoms with van der Waals surface area (Å²) in [5.74, 6) is 0.189. The molecule has 3 nitrogen and oxygen atoms in total. The molecule has 1 atom stereocenters. The highest BCUT2D eigenvalue weighted by Crippen LogP contribution is 2.26. The molecular formula is C9H20O3. The molecule has 0 aromatic rings. The normalized spacial score (nSPS) is 14.8. The van der Waals surface area contributed by atoms with E-state index >= 15 is 0 Å². The molecule has 0 radical (unpaired) electrons. The molecule has 0 heterocycles. The maximum Gasteiger partial charge on any atom is 0.0506 e. The average molecular weight is 176 g/mol. The summed E-state index contributed by atoms with van der Waals surface area (Å²) in [4.78, 5) is 0. The maximum absolute atomic E-state index is 8.98. The monoisotopic (exact) mass is 176 g/mol. The lowest BCUT2D eigenvalue weighted by Crippen LogP contribution is -2.29. The van der Waals surface area contributed by atoms with E-state index in [1.807, 2.05) is 13.8 Å². The van der Waals surface area contributed by atoms with Crippen LogP contribution < -0.4 is 0 Å². The molecule has 0 rings (SSSR count). The molecule has 1 unspecified atom stereocenters. The van der Waals surface area contributed by atoms with Gasteiger partial charge in [0.2, 0.25) is 0 Å². The Labute approximate surface area is 74.0 Å². The summed E-state index contributed by atoms with van der Waals surface area (Å²) in [6, 6.07) is 0. The second-order valence-electron chi connectivity index (χ2n) is 3.79. The van der Waals surface area contributed by atoms with E-state index in [2.05, 4.69) is 0 Å². The Morgan fingerprint density at radius 2 is 1.67 bits per heavy atom. The van der Waals surface area contributed by atoms with Gasteiger partial charge in [-0.2, -0.15) is 0 Å². The lowest BCUT2D eigenvalue weighted by atomic mass is 9.81. The minimum absolute atomic E-state index is 0.0278. The van der Waals surface area contributed by atoms with Gasteiger partial charge in [0.05, 0.1) is 13.2 Å². The first-order valence-electron chi connectivity index (χ1n) is 4.44. The molecule has 3 N–H and O–H groups in total. The van der Waals surface area contributed by atoms with Crippen molar-refractivity contribution in [2.45, 2.75) is 26.7 Å². The lowest BCUT2D eigenvalue weighted by Gasteiger charge is -2.28. The van der Waals surface area contributed by atoms with Crippen molar-refractivity contribution < 1.29 is 15.3 Å². The molecule has 74 valence electrons. The molecular weight excluding hydrogens is 156 g/mol. The summed E-state index contributed by atoms with van der Waals surface area (Å²) in [6.45, 7) is 3.90. The molecule has 0 aliphatic carbocycles. The second-order valence-corrected chi connectivity index (χ2v) is 3.79. The van der Waals surface area contributed by atoms with Gasteiger partial charge in [-0.3, -0.25) is 0 Å². The Bertz CT molecular complexity index is 106. The Hall–Kier alpha value is -0.120. The molecule has 3 heteroatoms. The van der Waals surface area contributed by atoms with Crippen LogP contribution in [0.2, 0.25) is 0 Å². The topological polar surface area (TPSA) is 60.7 Å². The summed E-state index contributed by atoms with van der Waals surface area (Å²) in [5, 5.41) is 26.9. The SMILES string of the molecule is CCC(CO)CC(C)(CO)CO. The molecule has 0 amide bonds. The van der Waals surface area contributed by atoms with Crippen molar-refractivity contribution in [1.82, 2.24) is 0 Å². The van der Waals surface area contributed by atoms with E-state index in [9.17, 15) is 0 Å². The van der Waals surface area contributed by atoms with Crippen molar-refractivity contribution in [3.05, 3.63) is 0 Å². The highest BCUT2D eigenvalue weighted by molar-refractivity contribution is 4.75. The Balaban J connectivity index is 3.99. The lowest BCUT2D eigenvalue weighted by molar-refractivity contribution is 0.0377. The fraction of sp³-hybridized carbons (Fsp3) is 1.00. The average Bonchev–Trinajstić information content (AvgIpc) is 2.14. The predicted molar refractivity (Wildman–Crippen MR) is 47.8 cm³/mol. The molecule has 0 spiro atoms. The van der Waals surface area contributed by atoms with Gasteiger partial charge in [0.15, 0.2) is 0 Å². The van der Waals surface area contributed by atoms with Crippen LogP contribution in [-0.2, 0) is 0 Å². The fourth-order valence-corrected chi connectivity index (χ4v) is 1.21. The van der Waals surface area contributed by atoms with Gasteiger partial charge < -0.3 is 15.3 Å². The third-order valence-corrected chi connectivity index (χ3v) is 2.38. The van der Waals surface area contributed by atoms with E-state index in [4.69, 9.17) is 15.3 Å². The van der Waals surface area contributed by atoms with Gasteiger partial charge >= 0.3 is 0 Å². The van der Waals surface area contributed by atoms with Crippen LogP contribution in [0.5, 0.6) is 0 Å². The molecule has 0 aliphatic rings. The highest BCUT2D eigenvalue weighted by Gasteiger charge is 2.25. The van der Waals surface area contributed by atoms with Crippen LogP contribution in [0, 0.1) is 11.3 Å². The first-order chi connectivity index (χ1) is 5.61. The molecule has 0 fully saturated rings. The van der Waals surface area contributed by atoms with Gasteiger partial charge in [0.25, 0.3) is 0 Å². The summed E-state index contributed by atoms with van der Waals surface area (Å²) in [6.07, 6.45) is 1.55. The minimum Gasteiger partial charge on any atom is -0.396 e. The molecule has 0 bridgehead atoms. The Morgan fingerprint density at radius 1 is 1.17 bits per heavy atom. The van der Waals surface area contributed by atoms with Gasteiger partial charge in [-0.25, -0.2) is 0 Å². The van der Waals surface area contributed by atoms with Crippen LogP contribution in [0.1, 0.15) is 26.7 Å². The van der Waals surface area contributed by atoms with E-state index in [-0.39, 0.29) is 25.7 Å². The van der Waals surface area contributed by atoms with Crippen LogP contribution in [0.25, 0.3) is 0 Å². The van der Waals surface area contributed by atoms with Crippen molar-refractivity contribution in [3.8, 4) is 0 Å². The van der Waals surface area contributed by atoms with Gasteiger partial charge in [-0.05, 0) is 12.3 Å². The van der Waals surface area contributed by atoms with Gasteiger partial charge in [-0.1, -0.05) is 20.3 Å². The summed E-state index contributed by atoms with van der Waals surface area (Å²) < 4.78 is 0. The third-order valence-electron chi connectivity index (χ3n) is 2.38. The van der Waals surface area contributed by atoms with E-state index in [1.165, 1.54) is 0 Å². The minimum atomic E-state index is -0.441. The Morgan fingerprint density at radius 3 is 1.92 bits per heavy atom. The summed E-state index contributed by atoms with van der Waals surface area (Å²) >= 11 is 0. The van der Waals surface area contributed by atoms with Crippen LogP contribution in [0.3, 0.4) is 0 Å². The van der Waals surface area contributed by atoms with E-state index < -0.39 is 5.41 Å². The molecule has 12 heavy (non-hydrogen) atoms. The first kappa shape index (κ1) is 11.9. The van der Waals surface area contributed by atoms with Crippen molar-refractivity contribution in [2.75, 3.05) is 19.8 Å². The van der Waals surface area contributed by atoms with Crippen molar-refractivity contribution in [2.24, 2.45) is 11.3 Å². The molecule has 0 saturated carbocycles. The van der Waals surface area contributed by atoms with Crippen molar-refractivity contribution >= 4 is 0 Å². The predicted octanol–water partition coefficient (Wildman–Crippen LogP) is 0.386.